The lowest BCUT2D eigenvalue weighted by Crippen LogP contribution is -2.45. The quantitative estimate of drug-likeness (QED) is 0.665. The van der Waals surface area contributed by atoms with Crippen LogP contribution < -0.4 is 5.32 Å². The molecule has 0 unspecified atom stereocenters. The van der Waals surface area contributed by atoms with E-state index in [1.54, 1.807) is 11.8 Å². The van der Waals surface area contributed by atoms with Crippen LogP contribution in [0.2, 0.25) is 0 Å². The minimum absolute atomic E-state index is 0.745. The van der Waals surface area contributed by atoms with Gasteiger partial charge in [0.25, 0.3) is 0 Å². The molecule has 0 amide bonds. The lowest BCUT2D eigenvalue weighted by atomic mass is 10.3. The van der Waals surface area contributed by atoms with E-state index in [0.717, 1.165) is 36.6 Å². The van der Waals surface area contributed by atoms with E-state index in [1.807, 2.05) is 4.68 Å². The van der Waals surface area contributed by atoms with E-state index in [-0.39, 0.29) is 0 Å². The smallest absolute Gasteiger partial charge is 0.209 e. The van der Waals surface area contributed by atoms with Crippen molar-refractivity contribution in [3.8, 4) is 0 Å². The summed E-state index contributed by atoms with van der Waals surface area (Å²) in [6, 6.07) is 0.745. The second-order valence-corrected chi connectivity index (χ2v) is 6.97. The highest BCUT2D eigenvalue weighted by molar-refractivity contribution is 7.99. The molecule has 1 N–H and O–H groups in total. The first-order valence-corrected chi connectivity index (χ1v) is 8.83. The van der Waals surface area contributed by atoms with E-state index in [1.165, 1.54) is 39.0 Å². The lowest BCUT2D eigenvalue weighted by Gasteiger charge is -2.32. The molecule has 7 nitrogen and oxygen atoms in total. The van der Waals surface area contributed by atoms with Crippen LogP contribution in [0.1, 0.15) is 12.8 Å². The van der Waals surface area contributed by atoms with Gasteiger partial charge in [0.1, 0.15) is 0 Å². The highest BCUT2D eigenvalue weighted by Crippen LogP contribution is 2.18. The molecule has 8 heteroatoms. The first-order valence-electron chi connectivity index (χ1n) is 7.84. The largest absolute Gasteiger partial charge is 0.312 e. The SMILES string of the molecule is CN1CCN(CCSc2nnnn2CCNC2CC2)CC1. The Bertz CT molecular complexity index is 426. The lowest BCUT2D eigenvalue weighted by molar-refractivity contribution is 0.161. The average Bonchev–Trinajstić information content (AvgIpc) is 3.21. The monoisotopic (exact) mass is 311 g/mol. The van der Waals surface area contributed by atoms with Crippen molar-refractivity contribution in [1.29, 1.82) is 0 Å². The van der Waals surface area contributed by atoms with Crippen molar-refractivity contribution in [3.63, 3.8) is 0 Å². The van der Waals surface area contributed by atoms with Crippen molar-refractivity contribution in [2.24, 2.45) is 0 Å². The topological polar surface area (TPSA) is 62.1 Å². The number of aromatic nitrogens is 4. The Morgan fingerprint density at radius 3 is 2.76 bits per heavy atom. The van der Waals surface area contributed by atoms with E-state index in [0.29, 0.717) is 0 Å². The molecule has 21 heavy (non-hydrogen) atoms. The van der Waals surface area contributed by atoms with Crippen LogP contribution >= 0.6 is 11.8 Å². The zero-order chi connectivity index (χ0) is 14.5. The maximum atomic E-state index is 4.13. The maximum absolute atomic E-state index is 4.13. The highest BCUT2D eigenvalue weighted by Gasteiger charge is 2.20. The number of nitrogens with zero attached hydrogens (tertiary/aromatic N) is 6. The molecule has 2 fully saturated rings. The Labute approximate surface area is 130 Å². The summed E-state index contributed by atoms with van der Waals surface area (Å²) in [4.78, 5) is 4.91. The van der Waals surface area contributed by atoms with Crippen LogP contribution in [0.25, 0.3) is 0 Å². The molecule has 2 heterocycles. The fourth-order valence-corrected chi connectivity index (χ4v) is 3.34. The number of thioether (sulfide) groups is 1. The molecule has 0 atom stereocenters. The van der Waals surface area contributed by atoms with Gasteiger partial charge in [-0.05, 0) is 30.3 Å². The van der Waals surface area contributed by atoms with Crippen LogP contribution in [0, 0.1) is 0 Å². The van der Waals surface area contributed by atoms with Gasteiger partial charge in [-0.3, -0.25) is 4.90 Å². The van der Waals surface area contributed by atoms with Crippen LogP contribution in [0.4, 0.5) is 0 Å². The van der Waals surface area contributed by atoms with Crippen molar-refractivity contribution in [3.05, 3.63) is 0 Å². The summed E-state index contributed by atoms with van der Waals surface area (Å²) in [6.45, 7) is 7.64. The number of tetrazole rings is 1. The van der Waals surface area contributed by atoms with Crippen molar-refractivity contribution in [2.75, 3.05) is 52.1 Å². The summed E-state index contributed by atoms with van der Waals surface area (Å²) in [5, 5.41) is 16.5. The van der Waals surface area contributed by atoms with Gasteiger partial charge in [-0.1, -0.05) is 11.8 Å². The summed E-state index contributed by atoms with van der Waals surface area (Å²) < 4.78 is 1.92. The van der Waals surface area contributed by atoms with Crippen LogP contribution in [-0.4, -0.2) is 88.1 Å². The van der Waals surface area contributed by atoms with Crippen molar-refractivity contribution in [2.45, 2.75) is 30.6 Å². The van der Waals surface area contributed by atoms with Crippen LogP contribution in [-0.2, 0) is 6.54 Å². The second-order valence-electron chi connectivity index (χ2n) is 5.91. The molecule has 2 aliphatic rings. The van der Waals surface area contributed by atoms with Crippen LogP contribution in [0.15, 0.2) is 5.16 Å². The van der Waals surface area contributed by atoms with Crippen LogP contribution in [0.3, 0.4) is 0 Å². The standard InChI is InChI=1S/C13H25N7S/c1-18-6-8-19(9-7-18)10-11-21-13-15-16-17-20(13)5-4-14-12-2-3-12/h12,14H,2-11H2,1H3. The minimum Gasteiger partial charge on any atom is -0.312 e. The van der Waals surface area contributed by atoms with Gasteiger partial charge in [-0.25, -0.2) is 4.68 Å². The number of piperazine rings is 1. The van der Waals surface area contributed by atoms with Gasteiger partial charge in [-0.2, -0.15) is 0 Å². The Morgan fingerprint density at radius 2 is 2.00 bits per heavy atom. The zero-order valence-corrected chi connectivity index (χ0v) is 13.6. The Kier molecular flexibility index (Phi) is 5.45. The molecule has 0 aromatic carbocycles. The second kappa shape index (κ2) is 7.53. The van der Waals surface area contributed by atoms with E-state index < -0.39 is 0 Å². The predicted molar refractivity (Wildman–Crippen MR) is 83.5 cm³/mol. The average molecular weight is 311 g/mol. The normalized spacial score (nSPS) is 21.0. The first kappa shape index (κ1) is 15.2. The Balaban J connectivity index is 1.35. The molecule has 0 radical (unpaired) electrons. The van der Waals surface area contributed by atoms with Gasteiger partial charge in [0.05, 0.1) is 6.54 Å². The third kappa shape index (κ3) is 4.91. The van der Waals surface area contributed by atoms with Gasteiger partial charge in [0.15, 0.2) is 0 Å². The summed E-state index contributed by atoms with van der Waals surface area (Å²) in [5.74, 6) is 1.06. The van der Waals surface area contributed by atoms with E-state index >= 15 is 0 Å². The maximum Gasteiger partial charge on any atom is 0.209 e. The van der Waals surface area contributed by atoms with Gasteiger partial charge in [0, 0.05) is 51.1 Å². The Hall–Kier alpha value is -0.700. The molecule has 1 saturated carbocycles. The number of hydrogen-bond acceptors (Lipinski definition) is 7. The zero-order valence-electron chi connectivity index (χ0n) is 12.7. The molecule has 1 aliphatic heterocycles. The van der Waals surface area contributed by atoms with E-state index in [4.69, 9.17) is 0 Å². The third-order valence-electron chi connectivity index (χ3n) is 4.07. The molecule has 118 valence electrons. The van der Waals surface area contributed by atoms with E-state index in [2.05, 4.69) is 37.7 Å². The molecular weight excluding hydrogens is 286 g/mol. The van der Waals surface area contributed by atoms with Gasteiger partial charge < -0.3 is 10.2 Å². The van der Waals surface area contributed by atoms with Gasteiger partial charge in [-0.15, -0.1) is 5.10 Å². The van der Waals surface area contributed by atoms with Crippen molar-refractivity contribution < 1.29 is 0 Å². The van der Waals surface area contributed by atoms with Gasteiger partial charge in [0.2, 0.25) is 5.16 Å². The summed E-state index contributed by atoms with van der Waals surface area (Å²) in [6.07, 6.45) is 2.64. The van der Waals surface area contributed by atoms with Crippen molar-refractivity contribution in [1.82, 2.24) is 35.3 Å². The van der Waals surface area contributed by atoms with Crippen LogP contribution in [0.5, 0.6) is 0 Å². The molecule has 1 aromatic rings. The molecule has 1 saturated heterocycles. The number of rotatable bonds is 8. The number of nitrogens with one attached hydrogen (secondary N) is 1. The third-order valence-corrected chi connectivity index (χ3v) is 5.00. The predicted octanol–water partition coefficient (Wildman–Crippen LogP) is -0.235. The number of likely N-dealkylation sites (N-methyl/N-ethyl adjacent to an activating group) is 1. The summed E-state index contributed by atoms with van der Waals surface area (Å²) >= 11 is 1.77. The molecule has 0 bridgehead atoms. The number of hydrogen-bond donors (Lipinski definition) is 1. The highest BCUT2D eigenvalue weighted by atomic mass is 32.2. The molecular formula is C13H25N7S. The summed E-state index contributed by atoms with van der Waals surface area (Å²) in [5.41, 5.74) is 0. The molecule has 1 aromatic heterocycles. The molecule has 0 spiro atoms. The molecule has 1 aliphatic carbocycles. The Morgan fingerprint density at radius 1 is 1.19 bits per heavy atom. The fourth-order valence-electron chi connectivity index (χ4n) is 2.44. The van der Waals surface area contributed by atoms with Gasteiger partial charge >= 0.3 is 0 Å². The fraction of sp³-hybridized carbons (Fsp3) is 0.923. The van der Waals surface area contributed by atoms with Crippen molar-refractivity contribution >= 4 is 11.8 Å². The summed E-state index contributed by atoms with van der Waals surface area (Å²) in [7, 11) is 2.19. The van der Waals surface area contributed by atoms with E-state index in [9.17, 15) is 0 Å². The minimum atomic E-state index is 0.745. The molecule has 3 rings (SSSR count). The first-order chi connectivity index (χ1) is 10.3.